The molecule has 0 radical (unpaired) electrons. The minimum Gasteiger partial charge on any atom is -0.250 e. The number of aromatic nitrogens is 3. The van der Waals surface area contributed by atoms with Crippen molar-refractivity contribution in [3.05, 3.63) is 45.0 Å². The van der Waals surface area contributed by atoms with Gasteiger partial charge >= 0.3 is 5.69 Å². The van der Waals surface area contributed by atoms with E-state index in [0.29, 0.717) is 0 Å². The molecular formula is C10H10BrN3O. The van der Waals surface area contributed by atoms with Gasteiger partial charge in [0.25, 0.3) is 0 Å². The molecule has 0 fully saturated rings. The van der Waals surface area contributed by atoms with Gasteiger partial charge < -0.3 is 0 Å². The molecule has 0 atom stereocenters. The van der Waals surface area contributed by atoms with Gasteiger partial charge in [-0.2, -0.15) is 5.10 Å². The zero-order valence-corrected chi connectivity index (χ0v) is 10.0. The van der Waals surface area contributed by atoms with E-state index < -0.39 is 0 Å². The summed E-state index contributed by atoms with van der Waals surface area (Å²) in [6.45, 7) is 2.00. The Morgan fingerprint density at radius 3 is 2.67 bits per heavy atom. The van der Waals surface area contributed by atoms with E-state index >= 15 is 0 Å². The molecule has 0 N–H and O–H groups in total. The van der Waals surface area contributed by atoms with Gasteiger partial charge in [-0.05, 0) is 24.6 Å². The van der Waals surface area contributed by atoms with E-state index in [1.165, 1.54) is 15.6 Å². The van der Waals surface area contributed by atoms with Crippen molar-refractivity contribution >= 4 is 15.9 Å². The molecule has 15 heavy (non-hydrogen) atoms. The number of rotatable bonds is 1. The number of benzene rings is 1. The summed E-state index contributed by atoms with van der Waals surface area (Å²) >= 11 is 3.43. The largest absolute Gasteiger partial charge is 0.350 e. The number of hydrogen-bond acceptors (Lipinski definition) is 2. The van der Waals surface area contributed by atoms with Crippen molar-refractivity contribution in [2.45, 2.75) is 6.92 Å². The summed E-state index contributed by atoms with van der Waals surface area (Å²) in [6, 6.07) is 5.75. The highest BCUT2D eigenvalue weighted by atomic mass is 79.9. The first-order valence-electron chi connectivity index (χ1n) is 4.47. The molecule has 1 heterocycles. The van der Waals surface area contributed by atoms with Crippen LogP contribution < -0.4 is 5.69 Å². The summed E-state index contributed by atoms with van der Waals surface area (Å²) in [6.07, 6.45) is 1.51. The Hall–Kier alpha value is -1.36. The maximum absolute atomic E-state index is 11.6. The lowest BCUT2D eigenvalue weighted by atomic mass is 10.2. The summed E-state index contributed by atoms with van der Waals surface area (Å²) in [5.41, 5.74) is 1.80. The van der Waals surface area contributed by atoms with E-state index in [-0.39, 0.29) is 5.69 Å². The minimum atomic E-state index is -0.147. The summed E-state index contributed by atoms with van der Waals surface area (Å²) in [7, 11) is 1.63. The Bertz CT molecular complexity index is 556. The maximum Gasteiger partial charge on any atom is 0.350 e. The summed E-state index contributed by atoms with van der Waals surface area (Å²) in [5.74, 6) is 0. The van der Waals surface area contributed by atoms with Gasteiger partial charge in [0, 0.05) is 11.5 Å². The van der Waals surface area contributed by atoms with Crippen LogP contribution in [0.4, 0.5) is 0 Å². The molecule has 0 aliphatic heterocycles. The smallest absolute Gasteiger partial charge is 0.250 e. The fourth-order valence-corrected chi connectivity index (χ4v) is 1.66. The first-order valence-corrected chi connectivity index (χ1v) is 5.26. The van der Waals surface area contributed by atoms with Crippen molar-refractivity contribution in [1.29, 1.82) is 0 Å². The third-order valence-corrected chi connectivity index (χ3v) is 3.11. The second kappa shape index (κ2) is 3.66. The van der Waals surface area contributed by atoms with E-state index in [9.17, 15) is 4.79 Å². The van der Waals surface area contributed by atoms with E-state index in [4.69, 9.17) is 0 Å². The molecule has 78 valence electrons. The van der Waals surface area contributed by atoms with Crippen molar-refractivity contribution in [2.75, 3.05) is 0 Å². The molecule has 2 rings (SSSR count). The number of aryl methyl sites for hydroxylation is 2. The molecular weight excluding hydrogens is 258 g/mol. The van der Waals surface area contributed by atoms with Crippen LogP contribution in [0, 0.1) is 6.92 Å². The van der Waals surface area contributed by atoms with E-state index in [0.717, 1.165) is 15.7 Å². The highest BCUT2D eigenvalue weighted by Gasteiger charge is 2.04. The first kappa shape index (κ1) is 10.2. The van der Waals surface area contributed by atoms with Crippen molar-refractivity contribution in [3.8, 4) is 5.69 Å². The van der Waals surface area contributed by atoms with Crippen LogP contribution in [0.25, 0.3) is 5.69 Å². The highest BCUT2D eigenvalue weighted by Crippen LogP contribution is 2.18. The molecule has 1 aromatic carbocycles. The zero-order chi connectivity index (χ0) is 11.0. The molecule has 2 aromatic rings. The van der Waals surface area contributed by atoms with Crippen LogP contribution in [0.3, 0.4) is 0 Å². The SMILES string of the molecule is Cc1ccc(-n2cnn(C)c2=O)cc1Br. The van der Waals surface area contributed by atoms with Crippen LogP contribution in [0.2, 0.25) is 0 Å². The average molecular weight is 268 g/mol. The van der Waals surface area contributed by atoms with Gasteiger partial charge in [-0.1, -0.05) is 22.0 Å². The predicted octanol–water partition coefficient (Wildman–Crippen LogP) is 1.64. The van der Waals surface area contributed by atoms with Crippen molar-refractivity contribution in [2.24, 2.45) is 7.05 Å². The lowest BCUT2D eigenvalue weighted by Crippen LogP contribution is -2.21. The molecule has 0 aliphatic carbocycles. The fraction of sp³-hybridized carbons (Fsp3) is 0.200. The fourth-order valence-electron chi connectivity index (χ4n) is 1.29. The maximum atomic E-state index is 11.6. The lowest BCUT2D eigenvalue weighted by Gasteiger charge is -2.02. The van der Waals surface area contributed by atoms with Crippen molar-refractivity contribution in [3.63, 3.8) is 0 Å². The van der Waals surface area contributed by atoms with Gasteiger partial charge in [0.1, 0.15) is 6.33 Å². The molecule has 0 amide bonds. The average Bonchev–Trinajstić information content (AvgIpc) is 2.53. The Labute approximate surface area is 95.3 Å². The molecule has 0 spiro atoms. The van der Waals surface area contributed by atoms with Gasteiger partial charge in [0.2, 0.25) is 0 Å². The molecule has 0 aliphatic rings. The van der Waals surface area contributed by atoms with E-state index in [2.05, 4.69) is 21.0 Å². The van der Waals surface area contributed by atoms with Crippen LogP contribution in [-0.4, -0.2) is 14.3 Å². The normalized spacial score (nSPS) is 10.6. The number of nitrogens with zero attached hydrogens (tertiary/aromatic N) is 3. The van der Waals surface area contributed by atoms with Crippen molar-refractivity contribution in [1.82, 2.24) is 14.3 Å². The summed E-state index contributed by atoms with van der Waals surface area (Å²) < 4.78 is 3.79. The van der Waals surface area contributed by atoms with Gasteiger partial charge in [-0.25, -0.2) is 14.0 Å². The van der Waals surface area contributed by atoms with E-state index in [1.54, 1.807) is 7.05 Å². The Balaban J connectivity index is 2.60. The Morgan fingerprint density at radius 1 is 1.40 bits per heavy atom. The van der Waals surface area contributed by atoms with Gasteiger partial charge in [-0.15, -0.1) is 0 Å². The molecule has 0 saturated carbocycles. The quantitative estimate of drug-likeness (QED) is 0.788. The summed E-state index contributed by atoms with van der Waals surface area (Å²) in [4.78, 5) is 11.6. The second-order valence-corrected chi connectivity index (χ2v) is 4.19. The zero-order valence-electron chi connectivity index (χ0n) is 8.44. The first-order chi connectivity index (χ1) is 7.09. The third kappa shape index (κ3) is 1.74. The van der Waals surface area contributed by atoms with Gasteiger partial charge in [0.15, 0.2) is 0 Å². The molecule has 0 saturated heterocycles. The van der Waals surface area contributed by atoms with Crippen LogP contribution in [-0.2, 0) is 7.05 Å². The Morgan fingerprint density at radius 2 is 2.13 bits per heavy atom. The molecule has 1 aromatic heterocycles. The molecule has 5 heteroatoms. The third-order valence-electron chi connectivity index (χ3n) is 2.26. The molecule has 0 bridgehead atoms. The molecule has 4 nitrogen and oxygen atoms in total. The second-order valence-electron chi connectivity index (χ2n) is 3.34. The Kier molecular flexibility index (Phi) is 2.48. The standard InChI is InChI=1S/C10H10BrN3O/c1-7-3-4-8(5-9(7)11)14-6-12-13(2)10(14)15/h3-6H,1-2H3. The van der Waals surface area contributed by atoms with Crippen LogP contribution >= 0.6 is 15.9 Å². The molecule has 0 unspecified atom stereocenters. The lowest BCUT2D eigenvalue weighted by molar-refractivity contribution is 0.726. The highest BCUT2D eigenvalue weighted by molar-refractivity contribution is 9.10. The summed E-state index contributed by atoms with van der Waals surface area (Å²) in [5, 5.41) is 3.90. The van der Waals surface area contributed by atoms with Crippen molar-refractivity contribution < 1.29 is 0 Å². The minimum absolute atomic E-state index is 0.147. The monoisotopic (exact) mass is 267 g/mol. The number of halogens is 1. The topological polar surface area (TPSA) is 39.8 Å². The van der Waals surface area contributed by atoms with Crippen LogP contribution in [0.15, 0.2) is 33.8 Å². The van der Waals surface area contributed by atoms with Crippen LogP contribution in [0.1, 0.15) is 5.56 Å². The van der Waals surface area contributed by atoms with Gasteiger partial charge in [-0.3, -0.25) is 0 Å². The van der Waals surface area contributed by atoms with Gasteiger partial charge in [0.05, 0.1) is 5.69 Å². The van der Waals surface area contributed by atoms with Crippen LogP contribution in [0.5, 0.6) is 0 Å². The van der Waals surface area contributed by atoms with E-state index in [1.807, 2.05) is 25.1 Å². The number of hydrogen-bond donors (Lipinski definition) is 0. The predicted molar refractivity (Wildman–Crippen MR) is 61.2 cm³/mol.